The molecule has 0 spiro atoms. The van der Waals surface area contributed by atoms with E-state index in [0.717, 1.165) is 0 Å². The van der Waals surface area contributed by atoms with Crippen LogP contribution in [0.2, 0.25) is 0 Å². The van der Waals surface area contributed by atoms with Crippen molar-refractivity contribution in [1.29, 1.82) is 0 Å². The lowest BCUT2D eigenvalue weighted by atomic mass is 9.86. The number of esters is 1. The first-order valence-electron chi connectivity index (χ1n) is 9.76. The van der Waals surface area contributed by atoms with Crippen molar-refractivity contribution in [1.82, 2.24) is 4.98 Å². The topological polar surface area (TPSA) is 109 Å². The summed E-state index contributed by atoms with van der Waals surface area (Å²) in [6.07, 6.45) is 3.93. The van der Waals surface area contributed by atoms with Crippen LogP contribution in [0.5, 0.6) is 5.75 Å². The van der Waals surface area contributed by atoms with Crippen LogP contribution in [0.15, 0.2) is 48.8 Å². The number of Topliss-reactive ketones (excluding diaryl/α,β-unsaturated/α-hetero) is 1. The van der Waals surface area contributed by atoms with Gasteiger partial charge in [-0.1, -0.05) is 32.4 Å². The lowest BCUT2D eigenvalue weighted by molar-refractivity contribution is -0.514. The number of nitrogens with zero attached hydrogens (tertiary/aromatic N) is 2. The first kappa shape index (κ1) is 24.7. The van der Waals surface area contributed by atoms with Gasteiger partial charge in [-0.3, -0.25) is 19.9 Å². The van der Waals surface area contributed by atoms with E-state index in [-0.39, 0.29) is 18.8 Å². The molecule has 162 valence electrons. The van der Waals surface area contributed by atoms with Gasteiger partial charge in [-0.25, -0.2) is 4.79 Å². The summed E-state index contributed by atoms with van der Waals surface area (Å²) in [5, 5.41) is 11.6. The molecule has 2 atom stereocenters. The third-order valence-corrected chi connectivity index (χ3v) is 4.07. The fraction of sp³-hybridized carbons (Fsp3) is 0.409. The van der Waals surface area contributed by atoms with E-state index in [1.165, 1.54) is 25.9 Å². The van der Waals surface area contributed by atoms with Gasteiger partial charge in [0.2, 0.25) is 0 Å². The molecule has 2 unspecified atom stereocenters. The van der Waals surface area contributed by atoms with Crippen molar-refractivity contribution in [2.45, 2.75) is 45.6 Å². The predicted octanol–water partition coefficient (Wildman–Crippen LogP) is 4.07. The normalized spacial score (nSPS) is 12.0. The van der Waals surface area contributed by atoms with Gasteiger partial charge < -0.3 is 9.47 Å². The Kier molecular flexibility index (Phi) is 10.7. The summed E-state index contributed by atoms with van der Waals surface area (Å²) in [4.78, 5) is 39.8. The van der Waals surface area contributed by atoms with Crippen LogP contribution in [0.4, 0.5) is 0 Å². The van der Waals surface area contributed by atoms with Crippen molar-refractivity contribution >= 4 is 11.8 Å². The second-order valence-electron chi connectivity index (χ2n) is 6.44. The van der Waals surface area contributed by atoms with Gasteiger partial charge in [-0.15, -0.1) is 0 Å². The molecule has 0 saturated heterocycles. The number of pyridine rings is 1. The molecule has 0 aliphatic heterocycles. The Labute approximate surface area is 176 Å². The number of ketones is 1. The first-order valence-corrected chi connectivity index (χ1v) is 9.76. The molecular weight excluding hydrogens is 388 g/mol. The van der Waals surface area contributed by atoms with Gasteiger partial charge in [0, 0.05) is 29.3 Å². The highest BCUT2D eigenvalue weighted by Crippen LogP contribution is 2.28. The minimum absolute atomic E-state index is 0.00999. The molecule has 8 nitrogen and oxygen atoms in total. The van der Waals surface area contributed by atoms with Crippen molar-refractivity contribution < 1.29 is 24.0 Å². The molecule has 1 aromatic carbocycles. The van der Waals surface area contributed by atoms with Gasteiger partial charge in [0.1, 0.15) is 5.75 Å². The monoisotopic (exact) mass is 416 g/mol. The maximum Gasteiger partial charge on any atom is 0.382 e. The Morgan fingerprint density at radius 3 is 2.30 bits per heavy atom. The van der Waals surface area contributed by atoms with Crippen LogP contribution in [0.1, 0.15) is 55.5 Å². The van der Waals surface area contributed by atoms with Crippen molar-refractivity contribution in [3.8, 4) is 5.75 Å². The highest BCUT2D eigenvalue weighted by atomic mass is 16.6. The SMILES string of the molecule is CCC.CCOC(=O)C(C(CC(=O)c1cccc(OC)c1)c1ccncc1)[N+](=O)[O-]. The number of aromatic nitrogens is 1. The molecule has 2 rings (SSSR count). The number of hydrogen-bond acceptors (Lipinski definition) is 7. The third kappa shape index (κ3) is 7.27. The zero-order valence-electron chi connectivity index (χ0n) is 17.7. The molecule has 1 aromatic heterocycles. The molecule has 30 heavy (non-hydrogen) atoms. The summed E-state index contributed by atoms with van der Waals surface area (Å²) in [5.74, 6) is -1.80. The van der Waals surface area contributed by atoms with Crippen LogP contribution >= 0.6 is 0 Å². The van der Waals surface area contributed by atoms with Gasteiger partial charge in [0.05, 0.1) is 19.6 Å². The number of carbonyl (C=O) groups is 2. The smallest absolute Gasteiger partial charge is 0.382 e. The Bertz CT molecular complexity index is 825. The fourth-order valence-electron chi connectivity index (χ4n) is 2.76. The van der Waals surface area contributed by atoms with Crippen molar-refractivity contribution in [2.24, 2.45) is 0 Å². The molecule has 0 radical (unpaired) electrons. The van der Waals surface area contributed by atoms with Gasteiger partial charge in [0.15, 0.2) is 5.78 Å². The van der Waals surface area contributed by atoms with E-state index in [1.54, 1.807) is 43.3 Å². The highest BCUT2D eigenvalue weighted by Gasteiger charge is 2.42. The molecule has 0 amide bonds. The van der Waals surface area contributed by atoms with Gasteiger partial charge in [-0.2, -0.15) is 0 Å². The second-order valence-corrected chi connectivity index (χ2v) is 6.44. The number of benzene rings is 1. The average molecular weight is 416 g/mol. The Hall–Kier alpha value is -3.29. The van der Waals surface area contributed by atoms with Crippen LogP contribution < -0.4 is 4.74 Å². The maximum atomic E-state index is 12.8. The zero-order chi connectivity index (χ0) is 22.5. The number of methoxy groups -OCH3 is 1. The number of hydrogen-bond donors (Lipinski definition) is 0. The fourth-order valence-corrected chi connectivity index (χ4v) is 2.76. The lowest BCUT2D eigenvalue weighted by Gasteiger charge is -2.19. The summed E-state index contributed by atoms with van der Waals surface area (Å²) in [6.45, 7) is 5.83. The minimum Gasteiger partial charge on any atom is -0.497 e. The summed E-state index contributed by atoms with van der Waals surface area (Å²) < 4.78 is 9.97. The molecule has 0 saturated carbocycles. The quantitative estimate of drug-likeness (QED) is 0.262. The molecule has 0 bridgehead atoms. The molecule has 2 aromatic rings. The van der Waals surface area contributed by atoms with Crippen LogP contribution in [0, 0.1) is 10.1 Å². The van der Waals surface area contributed by atoms with Crippen LogP contribution in [-0.2, 0) is 9.53 Å². The van der Waals surface area contributed by atoms with E-state index in [0.29, 0.717) is 16.9 Å². The Balaban J connectivity index is 0.00000141. The third-order valence-electron chi connectivity index (χ3n) is 4.07. The molecule has 0 N–H and O–H groups in total. The number of carbonyl (C=O) groups excluding carboxylic acids is 2. The van der Waals surface area contributed by atoms with E-state index in [9.17, 15) is 19.7 Å². The van der Waals surface area contributed by atoms with Gasteiger partial charge in [-0.05, 0) is 36.8 Å². The standard InChI is InChI=1S/C19H20N2O6.C3H8/c1-3-27-19(23)18(21(24)25)16(13-7-9-20-10-8-13)12-17(22)14-5-4-6-15(11-14)26-2;1-3-2/h4-11,16,18H,3,12H2,1-2H3;3H2,1-2H3. The van der Waals surface area contributed by atoms with E-state index in [4.69, 9.17) is 9.47 Å². The van der Waals surface area contributed by atoms with Gasteiger partial charge in [0.25, 0.3) is 0 Å². The number of nitro groups is 1. The highest BCUT2D eigenvalue weighted by molar-refractivity contribution is 5.97. The molecule has 0 fully saturated rings. The van der Waals surface area contributed by atoms with Gasteiger partial charge >= 0.3 is 12.0 Å². The maximum absolute atomic E-state index is 12.8. The molecule has 1 heterocycles. The largest absolute Gasteiger partial charge is 0.497 e. The zero-order valence-corrected chi connectivity index (χ0v) is 17.7. The molecule has 0 aliphatic rings. The summed E-state index contributed by atoms with van der Waals surface area (Å²) in [5.41, 5.74) is 0.815. The summed E-state index contributed by atoms with van der Waals surface area (Å²) in [6, 6.07) is 7.91. The number of ether oxygens (including phenoxy) is 2. The van der Waals surface area contributed by atoms with E-state index < -0.39 is 22.9 Å². The second kappa shape index (κ2) is 13.0. The van der Waals surface area contributed by atoms with Crippen LogP contribution in [-0.4, -0.2) is 41.4 Å². The molecular formula is C22H28N2O6. The first-order chi connectivity index (χ1) is 14.4. The molecule has 8 heteroatoms. The Morgan fingerprint density at radius 1 is 1.13 bits per heavy atom. The van der Waals surface area contributed by atoms with E-state index in [2.05, 4.69) is 18.8 Å². The van der Waals surface area contributed by atoms with Crippen molar-refractivity contribution in [2.75, 3.05) is 13.7 Å². The average Bonchev–Trinajstić information content (AvgIpc) is 2.74. The summed E-state index contributed by atoms with van der Waals surface area (Å²) in [7, 11) is 1.48. The predicted molar refractivity (Wildman–Crippen MR) is 112 cm³/mol. The van der Waals surface area contributed by atoms with E-state index in [1.807, 2.05) is 0 Å². The van der Waals surface area contributed by atoms with Crippen molar-refractivity contribution in [3.05, 3.63) is 70.0 Å². The van der Waals surface area contributed by atoms with Crippen LogP contribution in [0.25, 0.3) is 0 Å². The summed E-state index contributed by atoms with van der Waals surface area (Å²) >= 11 is 0. The lowest BCUT2D eigenvalue weighted by Crippen LogP contribution is -2.38. The van der Waals surface area contributed by atoms with E-state index >= 15 is 0 Å². The number of rotatable bonds is 9. The minimum atomic E-state index is -1.69. The Morgan fingerprint density at radius 2 is 1.77 bits per heavy atom. The van der Waals surface area contributed by atoms with Crippen LogP contribution in [0.3, 0.4) is 0 Å². The van der Waals surface area contributed by atoms with Crippen molar-refractivity contribution in [3.63, 3.8) is 0 Å². The molecule has 0 aliphatic carbocycles.